The second-order valence-corrected chi connectivity index (χ2v) is 7.27. The summed E-state index contributed by atoms with van der Waals surface area (Å²) in [5.41, 5.74) is 0. The van der Waals surface area contributed by atoms with Crippen LogP contribution in [0.1, 0.15) is 51.4 Å². The number of hydrogen-bond acceptors (Lipinski definition) is 2. The summed E-state index contributed by atoms with van der Waals surface area (Å²) in [6.45, 7) is 0.873. The summed E-state index contributed by atoms with van der Waals surface area (Å²) >= 11 is 0. The average molecular weight is 262 g/mol. The number of carbonyl (C=O) groups is 1. The van der Waals surface area contributed by atoms with Crippen molar-refractivity contribution in [3.05, 3.63) is 0 Å². The highest BCUT2D eigenvalue weighted by Crippen LogP contribution is 2.58. The molecule has 0 aromatic heterocycles. The fourth-order valence-electron chi connectivity index (χ4n) is 5.62. The number of amides is 1. The van der Waals surface area contributed by atoms with E-state index in [0.717, 1.165) is 43.1 Å². The zero-order valence-corrected chi connectivity index (χ0v) is 11.7. The number of fused-ring (bicyclic) bond motifs is 5. The molecule has 3 nitrogen and oxygen atoms in total. The molecule has 106 valence electrons. The van der Waals surface area contributed by atoms with Crippen molar-refractivity contribution in [2.24, 2.45) is 23.7 Å². The molecule has 4 fully saturated rings. The van der Waals surface area contributed by atoms with E-state index in [2.05, 4.69) is 10.6 Å². The van der Waals surface area contributed by atoms with E-state index < -0.39 is 0 Å². The molecule has 19 heavy (non-hydrogen) atoms. The van der Waals surface area contributed by atoms with Crippen molar-refractivity contribution in [1.29, 1.82) is 0 Å². The van der Waals surface area contributed by atoms with Crippen molar-refractivity contribution in [2.45, 2.75) is 63.5 Å². The van der Waals surface area contributed by atoms with Gasteiger partial charge in [0.1, 0.15) is 0 Å². The Morgan fingerprint density at radius 3 is 2.79 bits per heavy atom. The highest BCUT2D eigenvalue weighted by molar-refractivity contribution is 5.81. The summed E-state index contributed by atoms with van der Waals surface area (Å²) in [5.74, 6) is 4.15. The van der Waals surface area contributed by atoms with E-state index in [9.17, 15) is 4.79 Å². The summed E-state index contributed by atoms with van der Waals surface area (Å²) < 4.78 is 0. The lowest BCUT2D eigenvalue weighted by Crippen LogP contribution is -2.50. The van der Waals surface area contributed by atoms with E-state index >= 15 is 0 Å². The van der Waals surface area contributed by atoms with Gasteiger partial charge in [-0.1, -0.05) is 6.42 Å². The van der Waals surface area contributed by atoms with E-state index in [-0.39, 0.29) is 11.9 Å². The van der Waals surface area contributed by atoms with Crippen LogP contribution in [0.5, 0.6) is 0 Å². The van der Waals surface area contributed by atoms with Gasteiger partial charge in [0.15, 0.2) is 0 Å². The molecule has 3 heteroatoms. The van der Waals surface area contributed by atoms with Crippen LogP contribution in [0.4, 0.5) is 0 Å². The van der Waals surface area contributed by atoms with Crippen LogP contribution in [-0.2, 0) is 4.79 Å². The molecular weight excluding hydrogens is 236 g/mol. The van der Waals surface area contributed by atoms with Crippen LogP contribution in [0, 0.1) is 23.7 Å². The maximum absolute atomic E-state index is 12.1. The number of rotatable bonds is 2. The molecule has 6 unspecified atom stereocenters. The van der Waals surface area contributed by atoms with Crippen LogP contribution in [-0.4, -0.2) is 24.5 Å². The summed E-state index contributed by atoms with van der Waals surface area (Å²) in [5, 5.41) is 6.80. The lowest BCUT2D eigenvalue weighted by Gasteiger charge is -2.34. The fraction of sp³-hybridized carbons (Fsp3) is 0.938. The third-order valence-electron chi connectivity index (χ3n) is 6.38. The Balaban J connectivity index is 1.42. The quantitative estimate of drug-likeness (QED) is 0.800. The SMILES string of the molecule is O=C1NCCCCC1NC1CC2CC1C1CCCC21. The monoisotopic (exact) mass is 262 g/mol. The van der Waals surface area contributed by atoms with Crippen molar-refractivity contribution in [1.82, 2.24) is 10.6 Å². The lowest BCUT2D eigenvalue weighted by atomic mass is 9.79. The molecule has 1 aliphatic heterocycles. The first kappa shape index (κ1) is 12.2. The zero-order chi connectivity index (χ0) is 12.8. The van der Waals surface area contributed by atoms with Crippen molar-refractivity contribution in [3.63, 3.8) is 0 Å². The van der Waals surface area contributed by atoms with E-state index in [1.54, 1.807) is 0 Å². The standard InChI is InChI=1S/C16H26N2O/c19-16-14(6-1-2-7-17-16)18-15-9-10-8-13(15)12-5-3-4-11(10)12/h10-15,18H,1-9H2,(H,17,19). The van der Waals surface area contributed by atoms with Gasteiger partial charge >= 0.3 is 0 Å². The van der Waals surface area contributed by atoms with E-state index in [4.69, 9.17) is 0 Å². The van der Waals surface area contributed by atoms with Gasteiger partial charge in [-0.3, -0.25) is 4.79 Å². The molecule has 6 atom stereocenters. The Bertz CT molecular complexity index is 370. The highest BCUT2D eigenvalue weighted by Gasteiger charge is 2.54. The van der Waals surface area contributed by atoms with Gasteiger partial charge in [0.25, 0.3) is 0 Å². The molecule has 0 radical (unpaired) electrons. The molecule has 3 saturated carbocycles. The van der Waals surface area contributed by atoms with Crippen LogP contribution in [0.2, 0.25) is 0 Å². The Morgan fingerprint density at radius 2 is 1.84 bits per heavy atom. The minimum absolute atomic E-state index is 0.0895. The molecule has 4 rings (SSSR count). The first-order valence-electron chi connectivity index (χ1n) is 8.36. The van der Waals surface area contributed by atoms with Crippen LogP contribution < -0.4 is 10.6 Å². The van der Waals surface area contributed by atoms with Gasteiger partial charge in [-0.25, -0.2) is 0 Å². The predicted octanol–water partition coefficient (Wildman–Crippen LogP) is 2.07. The lowest BCUT2D eigenvalue weighted by molar-refractivity contribution is -0.123. The smallest absolute Gasteiger partial charge is 0.237 e. The second kappa shape index (κ2) is 4.76. The molecule has 0 spiro atoms. The Morgan fingerprint density at radius 1 is 0.947 bits per heavy atom. The molecule has 4 aliphatic rings. The molecule has 0 aromatic rings. The van der Waals surface area contributed by atoms with Crippen LogP contribution in [0.25, 0.3) is 0 Å². The molecule has 1 heterocycles. The zero-order valence-electron chi connectivity index (χ0n) is 11.7. The number of hydrogen-bond donors (Lipinski definition) is 2. The number of nitrogens with one attached hydrogen (secondary N) is 2. The fourth-order valence-corrected chi connectivity index (χ4v) is 5.62. The highest BCUT2D eigenvalue weighted by atomic mass is 16.2. The van der Waals surface area contributed by atoms with Crippen molar-refractivity contribution in [2.75, 3.05) is 6.54 Å². The molecule has 0 aromatic carbocycles. The Labute approximate surface area is 115 Å². The van der Waals surface area contributed by atoms with E-state index in [1.165, 1.54) is 38.5 Å². The largest absolute Gasteiger partial charge is 0.355 e. The van der Waals surface area contributed by atoms with Gasteiger partial charge in [0, 0.05) is 12.6 Å². The first-order chi connectivity index (χ1) is 9.33. The first-order valence-corrected chi connectivity index (χ1v) is 8.36. The van der Waals surface area contributed by atoms with Crippen molar-refractivity contribution < 1.29 is 4.79 Å². The van der Waals surface area contributed by atoms with Crippen LogP contribution in [0.3, 0.4) is 0 Å². The summed E-state index contributed by atoms with van der Waals surface area (Å²) in [7, 11) is 0. The third-order valence-corrected chi connectivity index (χ3v) is 6.38. The predicted molar refractivity (Wildman–Crippen MR) is 74.6 cm³/mol. The third kappa shape index (κ3) is 2.01. The molecular formula is C16H26N2O. The van der Waals surface area contributed by atoms with Gasteiger partial charge in [-0.15, -0.1) is 0 Å². The van der Waals surface area contributed by atoms with Gasteiger partial charge in [0.2, 0.25) is 5.91 Å². The molecule has 1 amide bonds. The summed E-state index contributed by atoms with van der Waals surface area (Å²) in [6, 6.07) is 0.727. The van der Waals surface area contributed by atoms with Gasteiger partial charge in [0.05, 0.1) is 6.04 Å². The van der Waals surface area contributed by atoms with E-state index in [0.29, 0.717) is 6.04 Å². The normalized spacial score (nSPS) is 48.9. The van der Waals surface area contributed by atoms with Gasteiger partial charge < -0.3 is 10.6 Å². The van der Waals surface area contributed by atoms with Gasteiger partial charge in [-0.05, 0) is 68.6 Å². The molecule has 3 aliphatic carbocycles. The van der Waals surface area contributed by atoms with Crippen molar-refractivity contribution >= 4 is 5.91 Å². The topological polar surface area (TPSA) is 41.1 Å². The average Bonchev–Trinajstić information content (AvgIpc) is 3.05. The van der Waals surface area contributed by atoms with Crippen LogP contribution in [0.15, 0.2) is 0 Å². The minimum atomic E-state index is 0.0895. The van der Waals surface area contributed by atoms with Crippen molar-refractivity contribution in [3.8, 4) is 0 Å². The molecule has 2 bridgehead atoms. The Hall–Kier alpha value is -0.570. The Kier molecular flexibility index (Phi) is 3.06. The maximum atomic E-state index is 12.1. The summed E-state index contributed by atoms with van der Waals surface area (Å²) in [6.07, 6.45) is 10.6. The number of carbonyl (C=O) groups excluding carboxylic acids is 1. The second-order valence-electron chi connectivity index (χ2n) is 7.27. The van der Waals surface area contributed by atoms with E-state index in [1.807, 2.05) is 0 Å². The minimum Gasteiger partial charge on any atom is -0.355 e. The summed E-state index contributed by atoms with van der Waals surface area (Å²) in [4.78, 5) is 12.1. The maximum Gasteiger partial charge on any atom is 0.237 e. The van der Waals surface area contributed by atoms with Crippen LogP contribution >= 0.6 is 0 Å². The van der Waals surface area contributed by atoms with Gasteiger partial charge in [-0.2, -0.15) is 0 Å². The molecule has 2 N–H and O–H groups in total. The molecule has 1 saturated heterocycles.